The van der Waals surface area contributed by atoms with Crippen LogP contribution in [0, 0.1) is 0 Å². The topological polar surface area (TPSA) is 102 Å². The maximum atomic E-state index is 12.5. The van der Waals surface area contributed by atoms with Gasteiger partial charge in [0.05, 0.1) is 5.39 Å². The summed E-state index contributed by atoms with van der Waals surface area (Å²) in [5, 5.41) is 13.8. The van der Waals surface area contributed by atoms with Gasteiger partial charge in [-0.15, -0.1) is 0 Å². The third kappa shape index (κ3) is 6.15. The molecular weight excluding hydrogens is 432 g/mol. The molecule has 7 nitrogen and oxygen atoms in total. The first-order valence-corrected chi connectivity index (χ1v) is 11.2. The van der Waals surface area contributed by atoms with Crippen LogP contribution in [0.3, 0.4) is 0 Å². The number of ether oxygens (including phenoxy) is 1. The molecule has 0 aliphatic rings. The summed E-state index contributed by atoms with van der Waals surface area (Å²) in [6.45, 7) is 1.02. The van der Waals surface area contributed by atoms with E-state index in [0.29, 0.717) is 54.0 Å². The van der Waals surface area contributed by atoms with E-state index in [-0.39, 0.29) is 17.8 Å². The van der Waals surface area contributed by atoms with Crippen LogP contribution in [-0.4, -0.2) is 41.7 Å². The van der Waals surface area contributed by atoms with Crippen molar-refractivity contribution in [2.75, 3.05) is 19.7 Å². The highest BCUT2D eigenvalue weighted by Crippen LogP contribution is 2.24. The molecule has 2 N–H and O–H groups in total. The van der Waals surface area contributed by atoms with Crippen molar-refractivity contribution in [1.29, 1.82) is 0 Å². The zero-order valence-corrected chi connectivity index (χ0v) is 18.6. The predicted molar refractivity (Wildman–Crippen MR) is 130 cm³/mol. The minimum Gasteiger partial charge on any atom is -0.491 e. The third-order valence-corrected chi connectivity index (χ3v) is 5.32. The minimum atomic E-state index is -0.729. The number of carbonyl (C=O) groups excluding carboxylic acids is 1. The Bertz CT molecular complexity index is 1290. The van der Waals surface area contributed by atoms with Gasteiger partial charge >= 0.3 is 0 Å². The Morgan fingerprint density at radius 3 is 2.74 bits per heavy atom. The van der Waals surface area contributed by atoms with Gasteiger partial charge in [-0.05, 0) is 37.2 Å². The van der Waals surface area contributed by atoms with E-state index in [2.05, 4.69) is 10.3 Å². The summed E-state index contributed by atoms with van der Waals surface area (Å²) >= 11 is 0. The standard InChI is InChI=1S/C27H26N2O5/c30-21(17-29-13-5-9-24(31)20-8-4-12-28-16-20)18-33-22-10-11-23-25(32)15-26(34-27(23)14-22)19-6-2-1-3-7-19/h1-4,6-8,10-12,14-16,21,29-30H,5,9,13,17-18H2. The molecule has 2 heterocycles. The fourth-order valence-corrected chi connectivity index (χ4v) is 3.54. The first-order valence-electron chi connectivity index (χ1n) is 11.2. The van der Waals surface area contributed by atoms with Crippen LogP contribution in [0.15, 0.2) is 88.3 Å². The van der Waals surface area contributed by atoms with Gasteiger partial charge in [0.15, 0.2) is 11.2 Å². The lowest BCUT2D eigenvalue weighted by Gasteiger charge is -2.13. The molecule has 4 aromatic rings. The van der Waals surface area contributed by atoms with Gasteiger partial charge in [-0.1, -0.05) is 30.3 Å². The lowest BCUT2D eigenvalue weighted by Crippen LogP contribution is -2.32. The second-order valence-electron chi connectivity index (χ2n) is 7.94. The largest absolute Gasteiger partial charge is 0.491 e. The van der Waals surface area contributed by atoms with Crippen molar-refractivity contribution < 1.29 is 19.1 Å². The van der Waals surface area contributed by atoms with Crippen molar-refractivity contribution in [2.45, 2.75) is 18.9 Å². The number of hydrogen-bond donors (Lipinski definition) is 2. The number of nitrogens with zero attached hydrogens (tertiary/aromatic N) is 1. The maximum Gasteiger partial charge on any atom is 0.193 e. The van der Waals surface area contributed by atoms with Gasteiger partial charge in [0.2, 0.25) is 0 Å². The number of hydrogen-bond acceptors (Lipinski definition) is 7. The van der Waals surface area contributed by atoms with Crippen molar-refractivity contribution in [2.24, 2.45) is 0 Å². The van der Waals surface area contributed by atoms with Gasteiger partial charge in [0.25, 0.3) is 0 Å². The fourth-order valence-electron chi connectivity index (χ4n) is 3.54. The van der Waals surface area contributed by atoms with Gasteiger partial charge in [0.1, 0.15) is 29.8 Å². The van der Waals surface area contributed by atoms with Crippen LogP contribution in [0.5, 0.6) is 5.75 Å². The van der Waals surface area contributed by atoms with Crippen molar-refractivity contribution in [3.63, 3.8) is 0 Å². The highest BCUT2D eigenvalue weighted by atomic mass is 16.5. The molecule has 4 rings (SSSR count). The Labute approximate surface area is 197 Å². The highest BCUT2D eigenvalue weighted by molar-refractivity contribution is 5.95. The Hall–Kier alpha value is -3.81. The molecule has 0 spiro atoms. The Balaban J connectivity index is 1.26. The van der Waals surface area contributed by atoms with Crippen molar-refractivity contribution >= 4 is 16.8 Å². The van der Waals surface area contributed by atoms with Crippen LogP contribution in [0.25, 0.3) is 22.3 Å². The SMILES string of the molecule is O=C(CCCNCC(O)COc1ccc2c(=O)cc(-c3ccccc3)oc2c1)c1cccnc1. The monoisotopic (exact) mass is 458 g/mol. The van der Waals surface area contributed by atoms with Crippen molar-refractivity contribution in [3.8, 4) is 17.1 Å². The Morgan fingerprint density at radius 1 is 1.09 bits per heavy atom. The van der Waals surface area contributed by atoms with Crippen LogP contribution in [0.4, 0.5) is 0 Å². The smallest absolute Gasteiger partial charge is 0.193 e. The number of aliphatic hydroxyl groups is 1. The van der Waals surface area contributed by atoms with Gasteiger partial charge < -0.3 is 19.6 Å². The summed E-state index contributed by atoms with van der Waals surface area (Å²) in [5.74, 6) is 1.04. The summed E-state index contributed by atoms with van der Waals surface area (Å²) in [6.07, 6.45) is 3.55. The maximum absolute atomic E-state index is 12.5. The molecule has 0 fully saturated rings. The molecule has 34 heavy (non-hydrogen) atoms. The van der Waals surface area contributed by atoms with E-state index in [0.717, 1.165) is 5.56 Å². The van der Waals surface area contributed by atoms with Crippen LogP contribution in [0.2, 0.25) is 0 Å². The Kier molecular flexibility index (Phi) is 7.80. The number of aromatic nitrogens is 1. The molecule has 0 aliphatic heterocycles. The molecule has 174 valence electrons. The number of Topliss-reactive ketones (excluding diaryl/α,β-unsaturated/α-hetero) is 1. The zero-order valence-electron chi connectivity index (χ0n) is 18.6. The van der Waals surface area contributed by atoms with E-state index >= 15 is 0 Å². The first kappa shape index (κ1) is 23.4. The lowest BCUT2D eigenvalue weighted by molar-refractivity contribution is 0.0975. The van der Waals surface area contributed by atoms with Gasteiger partial charge in [-0.3, -0.25) is 14.6 Å². The number of aliphatic hydroxyl groups excluding tert-OH is 1. The van der Waals surface area contributed by atoms with E-state index < -0.39 is 6.10 Å². The van der Waals surface area contributed by atoms with E-state index in [1.807, 2.05) is 30.3 Å². The summed E-state index contributed by atoms with van der Waals surface area (Å²) in [5.41, 5.74) is 1.72. The number of nitrogens with one attached hydrogen (secondary N) is 1. The third-order valence-electron chi connectivity index (χ3n) is 5.32. The number of rotatable bonds is 11. The van der Waals surface area contributed by atoms with Crippen LogP contribution in [-0.2, 0) is 0 Å². The summed E-state index contributed by atoms with van der Waals surface area (Å²) in [4.78, 5) is 28.5. The average Bonchev–Trinajstić information content (AvgIpc) is 2.88. The van der Waals surface area contributed by atoms with E-state index in [1.54, 1.807) is 42.7 Å². The molecular formula is C27H26N2O5. The Morgan fingerprint density at radius 2 is 1.94 bits per heavy atom. The molecule has 0 saturated heterocycles. The molecule has 2 aromatic carbocycles. The van der Waals surface area contributed by atoms with E-state index in [4.69, 9.17) is 9.15 Å². The molecule has 2 aromatic heterocycles. The molecule has 0 amide bonds. The first-order chi connectivity index (χ1) is 16.6. The lowest BCUT2D eigenvalue weighted by atomic mass is 10.1. The van der Waals surface area contributed by atoms with E-state index in [1.165, 1.54) is 6.07 Å². The average molecular weight is 459 g/mol. The van der Waals surface area contributed by atoms with Crippen molar-refractivity contribution in [3.05, 3.63) is 94.9 Å². The summed E-state index contributed by atoms with van der Waals surface area (Å²) in [6, 6.07) is 19.4. The number of fused-ring (bicyclic) bond motifs is 1. The molecule has 7 heteroatoms. The van der Waals surface area contributed by atoms with E-state index in [9.17, 15) is 14.7 Å². The molecule has 1 unspecified atom stereocenters. The van der Waals surface area contributed by atoms with Gasteiger partial charge in [-0.25, -0.2) is 0 Å². The second kappa shape index (κ2) is 11.4. The molecule has 0 radical (unpaired) electrons. The molecule has 0 aliphatic carbocycles. The number of ketones is 1. The summed E-state index contributed by atoms with van der Waals surface area (Å²) in [7, 11) is 0. The molecule has 0 saturated carbocycles. The van der Waals surface area contributed by atoms with Crippen LogP contribution in [0.1, 0.15) is 23.2 Å². The second-order valence-corrected chi connectivity index (χ2v) is 7.94. The predicted octanol–water partition coefficient (Wildman–Crippen LogP) is 3.85. The fraction of sp³-hybridized carbons (Fsp3) is 0.222. The van der Waals surface area contributed by atoms with Gasteiger partial charge in [-0.2, -0.15) is 0 Å². The van der Waals surface area contributed by atoms with Gasteiger partial charge in [0, 0.05) is 48.6 Å². The normalized spacial score (nSPS) is 11.9. The highest BCUT2D eigenvalue weighted by Gasteiger charge is 2.10. The summed E-state index contributed by atoms with van der Waals surface area (Å²) < 4.78 is 11.6. The minimum absolute atomic E-state index is 0.0529. The zero-order chi connectivity index (χ0) is 23.8. The number of pyridine rings is 1. The number of benzene rings is 2. The molecule has 1 atom stereocenters. The molecule has 0 bridgehead atoms. The van der Waals surface area contributed by atoms with Crippen LogP contribution >= 0.6 is 0 Å². The quantitative estimate of drug-likeness (QED) is 0.260. The van der Waals surface area contributed by atoms with Crippen molar-refractivity contribution in [1.82, 2.24) is 10.3 Å². The van der Waals surface area contributed by atoms with Crippen LogP contribution < -0.4 is 15.5 Å². The number of carbonyl (C=O) groups is 1.